The monoisotopic (exact) mass is 384 g/mol. The fraction of sp³-hybridized carbons (Fsp3) is 0.571. The van der Waals surface area contributed by atoms with Gasteiger partial charge in [-0.2, -0.15) is 0 Å². The third-order valence-electron chi connectivity index (χ3n) is 3.49. The van der Waals surface area contributed by atoms with Crippen LogP contribution < -0.4 is 10.1 Å². The van der Waals surface area contributed by atoms with E-state index >= 15 is 0 Å². The fourth-order valence-corrected chi connectivity index (χ4v) is 3.12. The summed E-state index contributed by atoms with van der Waals surface area (Å²) in [6.45, 7) is 2.49. The van der Waals surface area contributed by atoms with Crippen LogP contribution in [0.2, 0.25) is 0 Å². The maximum Gasteiger partial charge on any atom is 0.573 e. The van der Waals surface area contributed by atoms with E-state index < -0.39 is 13.0 Å². The molecule has 1 N–H and O–H groups in total. The highest BCUT2D eigenvalue weighted by Crippen LogP contribution is 2.33. The van der Waals surface area contributed by atoms with Gasteiger partial charge in [-0.05, 0) is 30.2 Å². The van der Waals surface area contributed by atoms with E-state index in [-0.39, 0.29) is 18.2 Å². The zero-order chi connectivity index (χ0) is 16.2. The smallest absolute Gasteiger partial charge is 0.406 e. The molecule has 2 rings (SSSR count). The van der Waals surface area contributed by atoms with Crippen LogP contribution in [0.3, 0.4) is 0 Å². The van der Waals surface area contributed by atoms with Crippen LogP contribution in [0.5, 0.6) is 5.75 Å². The minimum Gasteiger partial charge on any atom is -0.406 e. The first-order chi connectivity index (χ1) is 10.4. The van der Waals surface area contributed by atoms with Crippen LogP contribution in [0.15, 0.2) is 22.7 Å². The van der Waals surface area contributed by atoms with Crippen molar-refractivity contribution in [3.8, 4) is 5.75 Å². The Morgan fingerprint density at radius 3 is 2.50 bits per heavy atom. The molecule has 0 saturated carbocycles. The number of benzene rings is 1. The second-order valence-electron chi connectivity index (χ2n) is 5.05. The van der Waals surface area contributed by atoms with E-state index in [1.165, 1.54) is 12.1 Å². The van der Waals surface area contributed by atoms with Crippen molar-refractivity contribution < 1.29 is 22.3 Å². The molecule has 1 heterocycles. The minimum atomic E-state index is -4.75. The molecule has 1 aromatic carbocycles. The number of rotatable bonds is 5. The number of hydrogen-bond donors (Lipinski definition) is 1. The van der Waals surface area contributed by atoms with Crippen molar-refractivity contribution in [1.82, 2.24) is 10.2 Å². The molecular weight excluding hydrogens is 368 g/mol. The van der Waals surface area contributed by atoms with E-state index in [4.69, 9.17) is 0 Å². The molecule has 22 heavy (non-hydrogen) atoms. The fourth-order valence-electron chi connectivity index (χ4n) is 2.63. The second-order valence-corrected chi connectivity index (χ2v) is 5.96. The molecule has 1 fully saturated rings. The van der Waals surface area contributed by atoms with Gasteiger partial charge in [0.1, 0.15) is 5.75 Å². The SMILES string of the molecule is FCC[C@H](c1cc(Br)cc(OC(F)(F)F)c1)N1CCNCC1. The van der Waals surface area contributed by atoms with E-state index in [1.54, 1.807) is 6.07 Å². The van der Waals surface area contributed by atoms with Crippen LogP contribution in [0.25, 0.3) is 0 Å². The Bertz CT molecular complexity index is 492. The van der Waals surface area contributed by atoms with Gasteiger partial charge in [0.05, 0.1) is 6.67 Å². The predicted molar refractivity (Wildman–Crippen MR) is 78.6 cm³/mol. The molecule has 0 unspecified atom stereocenters. The first-order valence-electron chi connectivity index (χ1n) is 6.96. The van der Waals surface area contributed by atoms with Crippen molar-refractivity contribution in [3.63, 3.8) is 0 Å². The maximum atomic E-state index is 12.9. The zero-order valence-electron chi connectivity index (χ0n) is 11.8. The Kier molecular flexibility index (Phi) is 6.05. The molecule has 0 aromatic heterocycles. The summed E-state index contributed by atoms with van der Waals surface area (Å²) in [5.41, 5.74) is 0.619. The topological polar surface area (TPSA) is 24.5 Å². The van der Waals surface area contributed by atoms with Crippen molar-refractivity contribution in [1.29, 1.82) is 0 Å². The molecule has 1 aliphatic rings. The molecule has 0 spiro atoms. The van der Waals surface area contributed by atoms with Gasteiger partial charge in [-0.25, -0.2) is 0 Å². The van der Waals surface area contributed by atoms with E-state index in [1.807, 2.05) is 0 Å². The lowest BCUT2D eigenvalue weighted by molar-refractivity contribution is -0.274. The standard InChI is InChI=1S/C14H17BrF4N2O/c15-11-7-10(8-12(9-11)22-14(17,18)19)13(1-2-16)21-5-3-20-4-6-21/h7-9,13,20H,1-6H2/t13-/m1/s1. The summed E-state index contributed by atoms with van der Waals surface area (Å²) < 4.78 is 54.5. The summed E-state index contributed by atoms with van der Waals surface area (Å²) >= 11 is 3.19. The molecule has 0 bridgehead atoms. The Morgan fingerprint density at radius 2 is 1.91 bits per heavy atom. The lowest BCUT2D eigenvalue weighted by Gasteiger charge is -2.35. The molecule has 1 saturated heterocycles. The van der Waals surface area contributed by atoms with Gasteiger partial charge >= 0.3 is 6.36 Å². The van der Waals surface area contributed by atoms with Crippen LogP contribution in [0.4, 0.5) is 17.6 Å². The summed E-state index contributed by atoms with van der Waals surface area (Å²) in [5.74, 6) is -0.295. The Morgan fingerprint density at radius 1 is 1.23 bits per heavy atom. The van der Waals surface area contributed by atoms with Gasteiger partial charge in [-0.15, -0.1) is 13.2 Å². The number of hydrogen-bond acceptors (Lipinski definition) is 3. The van der Waals surface area contributed by atoms with Gasteiger partial charge < -0.3 is 10.1 Å². The molecule has 3 nitrogen and oxygen atoms in total. The first kappa shape index (κ1) is 17.5. The molecule has 0 radical (unpaired) electrons. The van der Waals surface area contributed by atoms with Crippen molar-refractivity contribution in [3.05, 3.63) is 28.2 Å². The van der Waals surface area contributed by atoms with E-state index in [0.29, 0.717) is 10.0 Å². The molecule has 1 aliphatic heterocycles. The lowest BCUT2D eigenvalue weighted by atomic mass is 10.0. The average molecular weight is 385 g/mol. The third-order valence-corrected chi connectivity index (χ3v) is 3.94. The summed E-state index contributed by atoms with van der Waals surface area (Å²) in [4.78, 5) is 2.08. The number of alkyl halides is 4. The summed E-state index contributed by atoms with van der Waals surface area (Å²) in [6.07, 6.45) is -4.51. The van der Waals surface area contributed by atoms with Crippen molar-refractivity contribution >= 4 is 15.9 Å². The van der Waals surface area contributed by atoms with Gasteiger partial charge in [-0.3, -0.25) is 9.29 Å². The van der Waals surface area contributed by atoms with Crippen molar-refractivity contribution in [2.45, 2.75) is 18.8 Å². The van der Waals surface area contributed by atoms with Crippen LogP contribution >= 0.6 is 15.9 Å². The van der Waals surface area contributed by atoms with Gasteiger partial charge in [0, 0.05) is 36.7 Å². The van der Waals surface area contributed by atoms with Crippen LogP contribution in [0.1, 0.15) is 18.0 Å². The Balaban J connectivity index is 2.26. The van der Waals surface area contributed by atoms with Gasteiger partial charge in [0.2, 0.25) is 0 Å². The van der Waals surface area contributed by atoms with E-state index in [2.05, 4.69) is 30.9 Å². The zero-order valence-corrected chi connectivity index (χ0v) is 13.4. The van der Waals surface area contributed by atoms with Crippen molar-refractivity contribution in [2.75, 3.05) is 32.9 Å². The summed E-state index contributed by atoms with van der Waals surface area (Å²) in [6, 6.07) is 4.04. The third kappa shape index (κ3) is 5.10. The molecular formula is C14H17BrF4N2O. The summed E-state index contributed by atoms with van der Waals surface area (Å²) in [5, 5.41) is 3.20. The molecule has 0 amide bonds. The van der Waals surface area contributed by atoms with Gasteiger partial charge in [0.15, 0.2) is 0 Å². The Labute approximate surface area is 134 Å². The number of nitrogens with zero attached hydrogens (tertiary/aromatic N) is 1. The number of halogens is 5. The second kappa shape index (κ2) is 7.61. The average Bonchev–Trinajstić information content (AvgIpc) is 2.43. The van der Waals surface area contributed by atoms with Crippen molar-refractivity contribution in [2.24, 2.45) is 0 Å². The minimum absolute atomic E-state index is 0.238. The number of piperazine rings is 1. The van der Waals surface area contributed by atoms with Crippen LogP contribution in [-0.2, 0) is 0 Å². The van der Waals surface area contributed by atoms with E-state index in [0.717, 1.165) is 26.2 Å². The summed E-state index contributed by atoms with van der Waals surface area (Å²) in [7, 11) is 0. The molecule has 124 valence electrons. The largest absolute Gasteiger partial charge is 0.573 e. The highest BCUT2D eigenvalue weighted by Gasteiger charge is 2.32. The number of nitrogens with one attached hydrogen (secondary N) is 1. The van der Waals surface area contributed by atoms with Crippen LogP contribution in [0, 0.1) is 0 Å². The quantitative estimate of drug-likeness (QED) is 0.784. The number of ether oxygens (including phenoxy) is 1. The van der Waals surface area contributed by atoms with Gasteiger partial charge in [0.25, 0.3) is 0 Å². The first-order valence-corrected chi connectivity index (χ1v) is 7.75. The lowest BCUT2D eigenvalue weighted by Crippen LogP contribution is -2.45. The predicted octanol–water partition coefficient (Wildman–Crippen LogP) is 3.65. The maximum absolute atomic E-state index is 12.9. The van der Waals surface area contributed by atoms with Crippen LogP contribution in [-0.4, -0.2) is 44.1 Å². The molecule has 0 aliphatic carbocycles. The highest BCUT2D eigenvalue weighted by atomic mass is 79.9. The highest BCUT2D eigenvalue weighted by molar-refractivity contribution is 9.10. The normalized spacial score (nSPS) is 18.2. The molecule has 1 aromatic rings. The molecule has 8 heteroatoms. The van der Waals surface area contributed by atoms with E-state index in [9.17, 15) is 17.6 Å². The Hall–Kier alpha value is -0.860. The van der Waals surface area contributed by atoms with Gasteiger partial charge in [-0.1, -0.05) is 15.9 Å². The molecule has 1 atom stereocenters.